The van der Waals surface area contributed by atoms with Crippen LogP contribution < -0.4 is 39.1 Å². The summed E-state index contributed by atoms with van der Waals surface area (Å²) in [7, 11) is 0.366. The van der Waals surface area contributed by atoms with E-state index in [0.29, 0.717) is 61.9 Å². The fourth-order valence-corrected chi connectivity index (χ4v) is 16.3. The van der Waals surface area contributed by atoms with E-state index >= 15 is 8.78 Å². The summed E-state index contributed by atoms with van der Waals surface area (Å²) in [5, 5.41) is 2.43. The number of alkyl halides is 1. The van der Waals surface area contributed by atoms with Crippen LogP contribution >= 0.6 is 22.6 Å². The lowest BCUT2D eigenvalue weighted by Gasteiger charge is -2.43. The molecule has 16 heteroatoms. The molecule has 12 nitrogen and oxygen atoms in total. The molecule has 7 aromatic rings. The van der Waals surface area contributed by atoms with E-state index in [2.05, 4.69) is 114 Å². The molecule has 6 heterocycles. The molecule has 10 rings (SSSR count). The monoisotopic (exact) mass is 1130 g/mol. The van der Waals surface area contributed by atoms with Gasteiger partial charge in [0.05, 0.1) is 32.4 Å². The quantitative estimate of drug-likeness (QED) is 0.0640. The van der Waals surface area contributed by atoms with Crippen molar-refractivity contribution >= 4 is 63.8 Å². The Morgan fingerprint density at radius 3 is 2.05 bits per heavy atom. The van der Waals surface area contributed by atoms with E-state index in [9.17, 15) is 0 Å². The summed E-state index contributed by atoms with van der Waals surface area (Å²) in [5.41, 5.74) is 2.83. The van der Waals surface area contributed by atoms with Gasteiger partial charge in [-0.2, -0.15) is 9.97 Å². The van der Waals surface area contributed by atoms with Gasteiger partial charge in [-0.3, -0.25) is 4.90 Å². The average molecular weight is 1130 g/mol. The van der Waals surface area contributed by atoms with Crippen LogP contribution in [0.5, 0.6) is 23.4 Å². The van der Waals surface area contributed by atoms with Gasteiger partial charge in [0.1, 0.15) is 64.8 Å². The van der Waals surface area contributed by atoms with Crippen LogP contribution in [-0.4, -0.2) is 105 Å². The van der Waals surface area contributed by atoms with Gasteiger partial charge in [-0.15, -0.1) is 0 Å². The van der Waals surface area contributed by atoms with E-state index in [1.54, 1.807) is 14.2 Å². The maximum absolute atomic E-state index is 18.2. The molecule has 0 radical (unpaired) electrons. The predicted octanol–water partition coefficient (Wildman–Crippen LogP) is 10.5. The molecule has 3 aliphatic rings. The number of fused-ring (bicyclic) bond motifs is 1. The average Bonchev–Trinajstić information content (AvgIpc) is 3.90. The largest absolute Gasteiger partial charge is 0.497 e. The van der Waals surface area contributed by atoms with E-state index in [0.717, 1.165) is 51.1 Å². The van der Waals surface area contributed by atoms with Crippen LogP contribution in [-0.2, 0) is 17.5 Å². The van der Waals surface area contributed by atoms with Crippen molar-refractivity contribution in [2.45, 2.75) is 89.8 Å². The molecule has 3 atom stereocenters. The maximum atomic E-state index is 18.2. The number of methoxy groups -OCH3 is 2. The van der Waals surface area contributed by atoms with E-state index < -0.39 is 25.8 Å². The van der Waals surface area contributed by atoms with Gasteiger partial charge in [-0.05, 0) is 118 Å². The summed E-state index contributed by atoms with van der Waals surface area (Å²) >= 11 is 2.23. The summed E-state index contributed by atoms with van der Waals surface area (Å²) in [4.78, 5) is 26.8. The maximum Gasteiger partial charge on any atom is 0.319 e. The molecule has 0 bridgehead atoms. The number of anilines is 2. The van der Waals surface area contributed by atoms with Crippen LogP contribution in [0.1, 0.15) is 63.6 Å². The van der Waals surface area contributed by atoms with Gasteiger partial charge in [0.2, 0.25) is 5.88 Å². The molecule has 0 amide bonds. The molecule has 74 heavy (non-hydrogen) atoms. The number of benzene rings is 4. The number of ether oxygens (including phenoxy) is 4. The third-order valence-electron chi connectivity index (χ3n) is 15.0. The second kappa shape index (κ2) is 21.3. The second-order valence-corrected chi connectivity index (χ2v) is 26.3. The molecular formula is C58H64F2IN7O5Si. The normalized spacial score (nSPS) is 18.8. The highest BCUT2D eigenvalue weighted by molar-refractivity contribution is 14.1. The zero-order valence-electron chi connectivity index (χ0n) is 43.2. The van der Waals surface area contributed by atoms with Crippen molar-refractivity contribution in [3.63, 3.8) is 0 Å². The highest BCUT2D eigenvalue weighted by Gasteiger charge is 2.51. The number of halogens is 3. The molecule has 0 saturated carbocycles. The van der Waals surface area contributed by atoms with Gasteiger partial charge in [0, 0.05) is 36.2 Å². The number of pyridine rings is 2. The van der Waals surface area contributed by atoms with E-state index in [-0.39, 0.29) is 47.4 Å². The van der Waals surface area contributed by atoms with Crippen LogP contribution in [0.2, 0.25) is 5.04 Å². The Labute approximate surface area is 447 Å². The number of aryl methyl sites for hydroxylation is 1. The zero-order chi connectivity index (χ0) is 51.8. The van der Waals surface area contributed by atoms with Gasteiger partial charge < -0.3 is 33.2 Å². The second-order valence-electron chi connectivity index (χ2n) is 20.9. The molecule has 4 aromatic carbocycles. The molecule has 3 aliphatic heterocycles. The lowest BCUT2D eigenvalue weighted by molar-refractivity contribution is 0.107. The van der Waals surface area contributed by atoms with E-state index in [1.807, 2.05) is 73.7 Å². The van der Waals surface area contributed by atoms with E-state index in [4.69, 9.17) is 43.3 Å². The minimum Gasteiger partial charge on any atom is -0.497 e. The smallest absolute Gasteiger partial charge is 0.319 e. The fraction of sp³-hybridized carbons (Fsp3) is 0.379. The first-order valence-electron chi connectivity index (χ1n) is 25.5. The van der Waals surface area contributed by atoms with Crippen molar-refractivity contribution < 1.29 is 32.2 Å². The third-order valence-corrected chi connectivity index (χ3v) is 21.4. The van der Waals surface area contributed by atoms with Gasteiger partial charge >= 0.3 is 6.01 Å². The van der Waals surface area contributed by atoms with Gasteiger partial charge in [0.15, 0.2) is 5.82 Å². The Kier molecular flexibility index (Phi) is 14.9. The first-order valence-corrected chi connectivity index (χ1v) is 28.4. The fourth-order valence-electron chi connectivity index (χ4n) is 11.2. The highest BCUT2D eigenvalue weighted by atomic mass is 127. The van der Waals surface area contributed by atoms with Crippen molar-refractivity contribution in [3.8, 4) is 34.8 Å². The minimum atomic E-state index is -2.93. The van der Waals surface area contributed by atoms with Crippen molar-refractivity contribution in [3.05, 3.63) is 141 Å². The molecule has 0 aliphatic carbocycles. The van der Waals surface area contributed by atoms with Crippen molar-refractivity contribution in [2.75, 3.05) is 63.5 Å². The van der Waals surface area contributed by atoms with Crippen molar-refractivity contribution in [1.82, 2.24) is 24.8 Å². The topological polar surface area (TPSA) is 107 Å². The number of aromatic nitrogens is 4. The summed E-state index contributed by atoms with van der Waals surface area (Å²) in [6.07, 6.45) is 1.16. The molecule has 2 fully saturated rings. The van der Waals surface area contributed by atoms with Crippen molar-refractivity contribution in [1.29, 1.82) is 0 Å². The SMILES string of the molecule is COc1ccc(CN(Cc2ccc(OC)cc2)c2cc(C)c(I)c(-c3nc4c5c(nc(OC[C@@]67CCCN6C[C@H](F)C7)nc5c3F)N(CCO[Si](c3ccccc3)(c3ccccc3)C(C)(C)C)[C@@H](C)CO4)n2)cc1. The van der Waals surface area contributed by atoms with Crippen LogP contribution in [0.4, 0.5) is 20.4 Å². The summed E-state index contributed by atoms with van der Waals surface area (Å²) in [6.45, 7) is 14.1. The first-order chi connectivity index (χ1) is 35.7. The van der Waals surface area contributed by atoms with Crippen LogP contribution in [0.15, 0.2) is 115 Å². The molecule has 0 unspecified atom stereocenters. The van der Waals surface area contributed by atoms with Gasteiger partial charge in [0.25, 0.3) is 8.32 Å². The molecule has 3 aromatic heterocycles. The number of hydrogen-bond donors (Lipinski definition) is 0. The van der Waals surface area contributed by atoms with Crippen LogP contribution in [0.25, 0.3) is 22.3 Å². The third kappa shape index (κ3) is 10.0. The van der Waals surface area contributed by atoms with Gasteiger partial charge in [-0.25, -0.2) is 18.7 Å². The lowest BCUT2D eigenvalue weighted by Crippen LogP contribution is -2.67. The molecule has 0 N–H and O–H groups in total. The number of rotatable bonds is 17. The predicted molar refractivity (Wildman–Crippen MR) is 298 cm³/mol. The number of nitrogens with zero attached hydrogens (tertiary/aromatic N) is 7. The molecule has 386 valence electrons. The summed E-state index contributed by atoms with van der Waals surface area (Å²) in [5.74, 6) is 2.11. The molecule has 0 spiro atoms. The Hall–Kier alpha value is -5.95. The summed E-state index contributed by atoms with van der Waals surface area (Å²) < 4.78 is 65.5. The first kappa shape index (κ1) is 51.5. The Morgan fingerprint density at radius 2 is 1.46 bits per heavy atom. The number of hydrogen-bond acceptors (Lipinski definition) is 12. The Morgan fingerprint density at radius 1 is 0.838 bits per heavy atom. The van der Waals surface area contributed by atoms with E-state index in [1.165, 1.54) is 10.4 Å². The molecule has 2 saturated heterocycles. The Bertz CT molecular complexity index is 3010. The van der Waals surface area contributed by atoms with Crippen LogP contribution in [0.3, 0.4) is 0 Å². The van der Waals surface area contributed by atoms with Gasteiger partial charge in [-0.1, -0.05) is 106 Å². The Balaban J connectivity index is 1.07. The van der Waals surface area contributed by atoms with Crippen LogP contribution in [0, 0.1) is 16.3 Å². The highest BCUT2D eigenvalue weighted by Crippen LogP contribution is 2.44. The zero-order valence-corrected chi connectivity index (χ0v) is 46.4. The summed E-state index contributed by atoms with van der Waals surface area (Å²) in [6, 6.07) is 38.8. The minimum absolute atomic E-state index is 0.000889. The lowest BCUT2D eigenvalue weighted by atomic mass is 9.95. The molecular weight excluding hydrogens is 1070 g/mol. The standard InChI is InChI=1S/C58H64F2IN7O5Si/c1-38-31-47(66(33-40-19-23-43(69-6)24-20-40)34-41-21-25-44(70-7)26-22-41)62-53(50(38)61)52-49(60)51-48-54(65-56(64-51)72-37-58-27-14-28-67(58)35-42(59)32-58)68(39(2)36-71-55(48)63-52)29-30-73-74(57(3,4)5,45-15-10-8-11-16-45)46-17-12-9-13-18-46/h8-13,15-26,31,39,42H,14,27-30,32-37H2,1-7H3/t39-,42+,58-/m0/s1. The van der Waals surface area contributed by atoms with Crippen molar-refractivity contribution in [2.24, 2.45) is 0 Å².